The van der Waals surface area contributed by atoms with Crippen molar-refractivity contribution in [3.05, 3.63) is 151 Å². The van der Waals surface area contributed by atoms with E-state index in [2.05, 4.69) is 152 Å². The van der Waals surface area contributed by atoms with Gasteiger partial charge in [0.2, 0.25) is 0 Å². The Hall–Kier alpha value is -5.08. The summed E-state index contributed by atoms with van der Waals surface area (Å²) in [6.45, 7) is 4.68. The Bertz CT molecular complexity index is 2080. The molecule has 0 atom stereocenters. The number of para-hydroxylation sites is 2. The Morgan fingerprint density at radius 3 is 1.98 bits per heavy atom. The molecule has 0 aliphatic heterocycles. The third kappa shape index (κ3) is 3.50. The third-order valence-electron chi connectivity index (χ3n) is 8.68. The minimum atomic E-state index is -0.0963. The van der Waals surface area contributed by atoms with Gasteiger partial charge in [0.25, 0.3) is 0 Å². The van der Waals surface area contributed by atoms with Gasteiger partial charge in [0.05, 0.1) is 22.4 Å². The molecule has 2 heteroatoms. The highest BCUT2D eigenvalue weighted by Crippen LogP contribution is 2.55. The molecule has 196 valence electrons. The molecule has 0 amide bonds. The predicted octanol–water partition coefficient (Wildman–Crippen LogP) is 11.0. The molecule has 8 rings (SSSR count). The molecule has 1 aliphatic carbocycles. The summed E-state index contributed by atoms with van der Waals surface area (Å²) in [6, 6.07) is 49.9. The fraction of sp³-hybridized carbons (Fsp3) is 0.0769. The van der Waals surface area contributed by atoms with Crippen molar-refractivity contribution in [1.82, 2.24) is 0 Å². The van der Waals surface area contributed by atoms with Crippen molar-refractivity contribution in [2.75, 3.05) is 4.90 Å². The van der Waals surface area contributed by atoms with Gasteiger partial charge < -0.3 is 9.32 Å². The molecule has 1 aliphatic rings. The monoisotopic (exact) mass is 527 g/mol. The van der Waals surface area contributed by atoms with E-state index in [1.807, 2.05) is 6.07 Å². The maximum Gasteiger partial charge on any atom is 0.137 e. The molecule has 0 N–H and O–H groups in total. The fourth-order valence-corrected chi connectivity index (χ4v) is 6.78. The molecule has 0 saturated heterocycles. The van der Waals surface area contributed by atoms with Gasteiger partial charge in [-0.1, -0.05) is 123 Å². The van der Waals surface area contributed by atoms with Crippen LogP contribution in [-0.2, 0) is 5.41 Å². The highest BCUT2D eigenvalue weighted by atomic mass is 16.3. The summed E-state index contributed by atoms with van der Waals surface area (Å²) in [5, 5.41) is 2.24. The van der Waals surface area contributed by atoms with Crippen molar-refractivity contribution >= 4 is 39.0 Å². The topological polar surface area (TPSA) is 16.4 Å². The minimum absolute atomic E-state index is 0.0963. The first-order chi connectivity index (χ1) is 20.1. The largest absolute Gasteiger partial charge is 0.456 e. The molecule has 0 radical (unpaired) electrons. The van der Waals surface area contributed by atoms with Gasteiger partial charge in [-0.3, -0.25) is 0 Å². The van der Waals surface area contributed by atoms with Crippen LogP contribution in [-0.4, -0.2) is 0 Å². The smallest absolute Gasteiger partial charge is 0.137 e. The maximum atomic E-state index is 6.39. The SMILES string of the molecule is CC1(C)c2ccccc2-c2c(N(c3ccccc3-c3ccccc3)c3cccc4oc5ccccc5c34)cccc21. The van der Waals surface area contributed by atoms with Gasteiger partial charge in [0, 0.05) is 21.9 Å². The normalized spacial score (nSPS) is 13.3. The van der Waals surface area contributed by atoms with E-state index in [0.717, 1.165) is 33.3 Å². The average Bonchev–Trinajstić information content (AvgIpc) is 3.52. The van der Waals surface area contributed by atoms with Crippen LogP contribution in [0.25, 0.3) is 44.2 Å². The van der Waals surface area contributed by atoms with Gasteiger partial charge in [-0.25, -0.2) is 0 Å². The minimum Gasteiger partial charge on any atom is -0.456 e. The third-order valence-corrected chi connectivity index (χ3v) is 8.68. The predicted molar refractivity (Wildman–Crippen MR) is 171 cm³/mol. The van der Waals surface area contributed by atoms with Crippen LogP contribution in [0, 0.1) is 0 Å². The molecule has 1 aromatic heterocycles. The van der Waals surface area contributed by atoms with E-state index in [9.17, 15) is 0 Å². The summed E-state index contributed by atoms with van der Waals surface area (Å²) in [6.07, 6.45) is 0. The van der Waals surface area contributed by atoms with Crippen LogP contribution in [0.3, 0.4) is 0 Å². The number of fused-ring (bicyclic) bond motifs is 6. The van der Waals surface area contributed by atoms with E-state index >= 15 is 0 Å². The molecular formula is C39H29NO. The van der Waals surface area contributed by atoms with E-state index in [-0.39, 0.29) is 5.41 Å². The number of anilines is 3. The Morgan fingerprint density at radius 1 is 0.488 bits per heavy atom. The first-order valence-corrected chi connectivity index (χ1v) is 14.2. The van der Waals surface area contributed by atoms with Gasteiger partial charge in [-0.15, -0.1) is 0 Å². The zero-order valence-electron chi connectivity index (χ0n) is 23.1. The number of nitrogens with zero attached hydrogens (tertiary/aromatic N) is 1. The lowest BCUT2D eigenvalue weighted by Crippen LogP contribution is -2.16. The number of furan rings is 1. The van der Waals surface area contributed by atoms with Crippen LogP contribution in [0.4, 0.5) is 17.1 Å². The number of hydrogen-bond donors (Lipinski definition) is 0. The van der Waals surface area contributed by atoms with E-state index < -0.39 is 0 Å². The van der Waals surface area contributed by atoms with Gasteiger partial charge >= 0.3 is 0 Å². The van der Waals surface area contributed by atoms with E-state index in [1.54, 1.807) is 0 Å². The van der Waals surface area contributed by atoms with Crippen LogP contribution in [0.1, 0.15) is 25.0 Å². The Labute approximate surface area is 240 Å². The van der Waals surface area contributed by atoms with Crippen molar-refractivity contribution < 1.29 is 4.42 Å². The molecule has 41 heavy (non-hydrogen) atoms. The van der Waals surface area contributed by atoms with E-state index in [4.69, 9.17) is 4.42 Å². The summed E-state index contributed by atoms with van der Waals surface area (Å²) in [7, 11) is 0. The van der Waals surface area contributed by atoms with E-state index in [0.29, 0.717) is 0 Å². The fourth-order valence-electron chi connectivity index (χ4n) is 6.78. The first-order valence-electron chi connectivity index (χ1n) is 14.2. The molecule has 7 aromatic rings. The molecule has 0 spiro atoms. The van der Waals surface area contributed by atoms with Crippen LogP contribution < -0.4 is 4.90 Å². The second-order valence-electron chi connectivity index (χ2n) is 11.3. The summed E-state index contributed by atoms with van der Waals surface area (Å²) in [5.41, 5.74) is 12.8. The molecule has 0 saturated carbocycles. The summed E-state index contributed by atoms with van der Waals surface area (Å²) in [5.74, 6) is 0. The lowest BCUT2D eigenvalue weighted by atomic mass is 9.82. The number of rotatable bonds is 4. The van der Waals surface area contributed by atoms with Gasteiger partial charge in [-0.05, 0) is 52.6 Å². The van der Waals surface area contributed by atoms with Crippen LogP contribution in [0.2, 0.25) is 0 Å². The van der Waals surface area contributed by atoms with Crippen LogP contribution in [0.15, 0.2) is 144 Å². The lowest BCUT2D eigenvalue weighted by molar-refractivity contribution is 0.660. The molecule has 0 bridgehead atoms. The Kier molecular flexibility index (Phi) is 5.20. The maximum absolute atomic E-state index is 6.39. The molecule has 0 unspecified atom stereocenters. The summed E-state index contributed by atoms with van der Waals surface area (Å²) in [4.78, 5) is 2.46. The molecular weight excluding hydrogens is 498 g/mol. The lowest BCUT2D eigenvalue weighted by Gasteiger charge is -2.31. The van der Waals surface area contributed by atoms with Crippen molar-refractivity contribution in [2.24, 2.45) is 0 Å². The average molecular weight is 528 g/mol. The zero-order chi connectivity index (χ0) is 27.6. The first kappa shape index (κ1) is 23.8. The summed E-state index contributed by atoms with van der Waals surface area (Å²) < 4.78 is 6.39. The molecule has 1 heterocycles. The molecule has 2 nitrogen and oxygen atoms in total. The quantitative estimate of drug-likeness (QED) is 0.226. The Morgan fingerprint density at radius 2 is 1.10 bits per heavy atom. The zero-order valence-corrected chi connectivity index (χ0v) is 23.1. The van der Waals surface area contributed by atoms with Gasteiger partial charge in [0.1, 0.15) is 11.2 Å². The number of hydrogen-bond acceptors (Lipinski definition) is 2. The van der Waals surface area contributed by atoms with Crippen molar-refractivity contribution in [3.63, 3.8) is 0 Å². The highest BCUT2D eigenvalue weighted by molar-refractivity contribution is 6.14. The van der Waals surface area contributed by atoms with Crippen molar-refractivity contribution in [3.8, 4) is 22.3 Å². The highest BCUT2D eigenvalue weighted by Gasteiger charge is 2.38. The summed E-state index contributed by atoms with van der Waals surface area (Å²) >= 11 is 0. The van der Waals surface area contributed by atoms with E-state index in [1.165, 1.54) is 39.1 Å². The second-order valence-corrected chi connectivity index (χ2v) is 11.3. The van der Waals surface area contributed by atoms with Gasteiger partial charge in [-0.2, -0.15) is 0 Å². The standard InChI is InChI=1S/C39H29NO/c1-39(2)30-19-9-6-17-28(30)37-31(39)20-12-22-33(37)40(32-21-10-7-16-27(32)26-14-4-3-5-15-26)34-23-13-25-36-38(34)29-18-8-11-24-35(29)41-36/h3-25H,1-2H3. The molecule has 6 aromatic carbocycles. The van der Waals surface area contributed by atoms with Crippen LogP contribution in [0.5, 0.6) is 0 Å². The van der Waals surface area contributed by atoms with Gasteiger partial charge in [0.15, 0.2) is 0 Å². The second kappa shape index (κ2) is 8.97. The van der Waals surface area contributed by atoms with Crippen molar-refractivity contribution in [2.45, 2.75) is 19.3 Å². The number of benzene rings is 6. The molecule has 0 fully saturated rings. The Balaban J connectivity index is 1.51. The van der Waals surface area contributed by atoms with Crippen LogP contribution >= 0.6 is 0 Å². The van der Waals surface area contributed by atoms with Crippen molar-refractivity contribution in [1.29, 1.82) is 0 Å².